The third-order valence-electron chi connectivity index (χ3n) is 0.625. The van der Waals surface area contributed by atoms with Crippen LogP contribution in [0.15, 0.2) is 12.2 Å². The number of aliphatic carboxylic acids is 1. The maximum absolute atomic E-state index is 10.4. The summed E-state index contributed by atoms with van der Waals surface area (Å²) in [6, 6.07) is 0. The largest absolute Gasteiger partial charge is 0.478 e. The van der Waals surface area contributed by atoms with Gasteiger partial charge in [-0.05, 0) is 0 Å². The molecular weight excluding hydrogens is 136 g/mol. The first-order valence-electron chi connectivity index (χ1n) is 2.54. The molecule has 0 rings (SSSR count). The lowest BCUT2D eigenvalue weighted by Gasteiger charge is -1.94. The van der Waals surface area contributed by atoms with Crippen molar-refractivity contribution in [1.82, 2.24) is 10.9 Å². The van der Waals surface area contributed by atoms with Crippen LogP contribution in [0.1, 0.15) is 0 Å². The number of carbonyl (C=O) groups is 2. The highest BCUT2D eigenvalue weighted by Gasteiger charge is 1.91. The van der Waals surface area contributed by atoms with Crippen LogP contribution in [0.3, 0.4) is 0 Å². The summed E-state index contributed by atoms with van der Waals surface area (Å²) in [5, 5.41) is 8.04. The summed E-state index contributed by atoms with van der Waals surface area (Å²) in [5.74, 6) is -1.64. The average molecular weight is 144 g/mol. The molecule has 0 aliphatic heterocycles. The Bertz CT molecular complexity index is 164. The van der Waals surface area contributed by atoms with Gasteiger partial charge in [-0.15, -0.1) is 0 Å². The lowest BCUT2D eigenvalue weighted by molar-refractivity contribution is -0.131. The van der Waals surface area contributed by atoms with Gasteiger partial charge in [0, 0.05) is 19.2 Å². The molecule has 0 aliphatic rings. The second kappa shape index (κ2) is 4.51. The molecule has 3 N–H and O–H groups in total. The van der Waals surface area contributed by atoms with E-state index in [-0.39, 0.29) is 0 Å². The van der Waals surface area contributed by atoms with E-state index >= 15 is 0 Å². The summed E-state index contributed by atoms with van der Waals surface area (Å²) in [6.07, 6.45) is 1.67. The third-order valence-corrected chi connectivity index (χ3v) is 0.625. The van der Waals surface area contributed by atoms with Gasteiger partial charge in [0.2, 0.25) is 0 Å². The van der Waals surface area contributed by atoms with Gasteiger partial charge in [-0.1, -0.05) is 0 Å². The predicted molar refractivity (Wildman–Crippen MR) is 34.0 cm³/mol. The highest BCUT2D eigenvalue weighted by molar-refractivity contribution is 5.93. The molecule has 0 bridgehead atoms. The fourth-order valence-corrected chi connectivity index (χ4v) is 0.312. The highest BCUT2D eigenvalue weighted by atomic mass is 16.4. The van der Waals surface area contributed by atoms with Crippen LogP contribution in [0.5, 0.6) is 0 Å². The summed E-state index contributed by atoms with van der Waals surface area (Å²) in [6.45, 7) is 0. The van der Waals surface area contributed by atoms with Gasteiger partial charge in [0.05, 0.1) is 0 Å². The number of amides is 1. The van der Waals surface area contributed by atoms with Gasteiger partial charge in [0.15, 0.2) is 0 Å². The van der Waals surface area contributed by atoms with Crippen LogP contribution in [0, 0.1) is 0 Å². The number of rotatable bonds is 3. The fraction of sp³-hybridized carbons (Fsp3) is 0.200. The zero-order chi connectivity index (χ0) is 7.98. The lowest BCUT2D eigenvalue weighted by atomic mass is 10.5. The molecule has 0 atom stereocenters. The molecule has 0 fully saturated rings. The number of hydrazine groups is 1. The first kappa shape index (κ1) is 8.64. The zero-order valence-corrected chi connectivity index (χ0v) is 5.42. The minimum atomic E-state index is -1.15. The molecule has 0 heterocycles. The number of hydrogen-bond acceptors (Lipinski definition) is 3. The van der Waals surface area contributed by atoms with Crippen molar-refractivity contribution in [2.75, 3.05) is 7.05 Å². The van der Waals surface area contributed by atoms with E-state index in [9.17, 15) is 9.59 Å². The van der Waals surface area contributed by atoms with Gasteiger partial charge in [-0.3, -0.25) is 10.2 Å². The van der Waals surface area contributed by atoms with Crippen molar-refractivity contribution in [2.24, 2.45) is 0 Å². The molecule has 56 valence electrons. The molecule has 0 aromatic rings. The highest BCUT2D eigenvalue weighted by Crippen LogP contribution is 1.71. The van der Waals surface area contributed by atoms with Crippen molar-refractivity contribution in [2.45, 2.75) is 0 Å². The van der Waals surface area contributed by atoms with Crippen LogP contribution in [0.2, 0.25) is 0 Å². The van der Waals surface area contributed by atoms with Crippen LogP contribution < -0.4 is 10.9 Å². The van der Waals surface area contributed by atoms with Crippen molar-refractivity contribution in [1.29, 1.82) is 0 Å². The molecule has 0 spiro atoms. The Morgan fingerprint density at radius 1 is 1.40 bits per heavy atom. The Kier molecular flexibility index (Phi) is 3.90. The molecule has 0 aromatic carbocycles. The normalized spacial score (nSPS) is 9.70. The fourth-order valence-electron chi connectivity index (χ4n) is 0.312. The molecular formula is C5H8N2O3. The molecule has 1 amide bonds. The second-order valence-corrected chi connectivity index (χ2v) is 1.41. The summed E-state index contributed by atoms with van der Waals surface area (Å²) in [5.41, 5.74) is 4.51. The number of nitrogens with one attached hydrogen (secondary N) is 2. The van der Waals surface area contributed by atoms with Crippen molar-refractivity contribution < 1.29 is 14.7 Å². The maximum atomic E-state index is 10.4. The lowest BCUT2D eigenvalue weighted by Crippen LogP contribution is -2.32. The molecule has 0 aliphatic carbocycles. The minimum absolute atomic E-state index is 0.495. The van der Waals surface area contributed by atoms with E-state index in [0.717, 1.165) is 12.2 Å². The van der Waals surface area contributed by atoms with Gasteiger partial charge >= 0.3 is 5.97 Å². The average Bonchev–Trinajstić information content (AvgIpc) is 1.85. The number of carbonyl (C=O) groups excluding carboxylic acids is 1. The van der Waals surface area contributed by atoms with Crippen molar-refractivity contribution in [3.8, 4) is 0 Å². The molecule has 0 saturated carbocycles. The van der Waals surface area contributed by atoms with E-state index in [2.05, 4.69) is 10.9 Å². The quantitative estimate of drug-likeness (QED) is 0.346. The van der Waals surface area contributed by atoms with Gasteiger partial charge in [-0.25, -0.2) is 10.2 Å². The molecule has 5 heteroatoms. The summed E-state index contributed by atoms with van der Waals surface area (Å²) in [7, 11) is 1.51. The van der Waals surface area contributed by atoms with Gasteiger partial charge < -0.3 is 5.11 Å². The van der Waals surface area contributed by atoms with Crippen LogP contribution in [-0.2, 0) is 9.59 Å². The molecule has 0 unspecified atom stereocenters. The van der Waals surface area contributed by atoms with Crippen LogP contribution >= 0.6 is 0 Å². The van der Waals surface area contributed by atoms with Crippen LogP contribution in [0.4, 0.5) is 0 Å². The number of hydrogen-bond donors (Lipinski definition) is 3. The summed E-state index contributed by atoms with van der Waals surface area (Å²) < 4.78 is 0. The smallest absolute Gasteiger partial charge is 0.328 e. The Balaban J connectivity index is 3.67. The van der Waals surface area contributed by atoms with Gasteiger partial charge in [-0.2, -0.15) is 0 Å². The first-order valence-corrected chi connectivity index (χ1v) is 2.54. The maximum Gasteiger partial charge on any atom is 0.328 e. The SMILES string of the molecule is CNNC(=O)/C=C/C(=O)O. The van der Waals surface area contributed by atoms with E-state index in [1.807, 2.05) is 0 Å². The van der Waals surface area contributed by atoms with E-state index in [1.54, 1.807) is 0 Å². The Morgan fingerprint density at radius 2 is 2.00 bits per heavy atom. The van der Waals surface area contributed by atoms with Crippen molar-refractivity contribution in [3.63, 3.8) is 0 Å². The van der Waals surface area contributed by atoms with Crippen molar-refractivity contribution >= 4 is 11.9 Å². The van der Waals surface area contributed by atoms with E-state index in [0.29, 0.717) is 0 Å². The van der Waals surface area contributed by atoms with Crippen LogP contribution in [-0.4, -0.2) is 24.0 Å². The van der Waals surface area contributed by atoms with E-state index in [4.69, 9.17) is 5.11 Å². The topological polar surface area (TPSA) is 78.4 Å². The van der Waals surface area contributed by atoms with Gasteiger partial charge in [0.25, 0.3) is 5.91 Å². The Labute approximate surface area is 57.7 Å². The zero-order valence-electron chi connectivity index (χ0n) is 5.42. The van der Waals surface area contributed by atoms with Gasteiger partial charge in [0.1, 0.15) is 0 Å². The molecule has 0 saturated heterocycles. The predicted octanol–water partition coefficient (Wildman–Crippen LogP) is -1.12. The second-order valence-electron chi connectivity index (χ2n) is 1.41. The summed E-state index contributed by atoms with van der Waals surface area (Å²) in [4.78, 5) is 20.2. The van der Waals surface area contributed by atoms with Crippen LogP contribution in [0.25, 0.3) is 0 Å². The van der Waals surface area contributed by atoms with Crippen molar-refractivity contribution in [3.05, 3.63) is 12.2 Å². The third kappa shape index (κ3) is 4.79. The molecule has 0 aromatic heterocycles. The standard InChI is InChI=1S/C5H8N2O3/c1-6-7-4(8)2-3-5(9)10/h2-3,6H,1H3,(H,7,8)(H,9,10)/b3-2+. The molecule has 0 radical (unpaired) electrons. The summed E-state index contributed by atoms with van der Waals surface area (Å²) >= 11 is 0. The molecule has 10 heavy (non-hydrogen) atoms. The molecule has 5 nitrogen and oxygen atoms in total. The Hall–Kier alpha value is -1.36. The van der Waals surface area contributed by atoms with E-state index < -0.39 is 11.9 Å². The van der Waals surface area contributed by atoms with E-state index in [1.165, 1.54) is 7.05 Å². The first-order chi connectivity index (χ1) is 4.66. The number of carboxylic acid groups (broad SMARTS) is 1. The number of carboxylic acids is 1. The minimum Gasteiger partial charge on any atom is -0.478 e. The Morgan fingerprint density at radius 3 is 2.40 bits per heavy atom. The monoisotopic (exact) mass is 144 g/mol.